The van der Waals surface area contributed by atoms with E-state index in [1.54, 1.807) is 11.8 Å². The molecule has 0 N–H and O–H groups in total. The average molecular weight is 238 g/mol. The van der Waals surface area contributed by atoms with Crippen LogP contribution in [0.2, 0.25) is 0 Å². The van der Waals surface area contributed by atoms with Gasteiger partial charge in [-0.1, -0.05) is 38.7 Å². The van der Waals surface area contributed by atoms with Gasteiger partial charge in [0.25, 0.3) is 0 Å². The summed E-state index contributed by atoms with van der Waals surface area (Å²) in [5, 5.41) is 0. The fourth-order valence-corrected chi connectivity index (χ4v) is 2.04. The Kier molecular flexibility index (Phi) is 7.15. The average Bonchev–Trinajstić information content (AvgIpc) is 2.34. The largest absolute Gasteiger partial charge is 0.494 e. The molecule has 16 heavy (non-hydrogen) atoms. The molecule has 0 radical (unpaired) electrons. The Morgan fingerprint density at radius 2 is 1.94 bits per heavy atom. The molecule has 0 bridgehead atoms. The number of unbranched alkanes of at least 4 members (excludes halogenated alkanes) is 4. The van der Waals surface area contributed by atoms with Gasteiger partial charge in [0.1, 0.15) is 5.75 Å². The molecule has 0 heterocycles. The third kappa shape index (κ3) is 5.45. The molecule has 0 atom stereocenters. The summed E-state index contributed by atoms with van der Waals surface area (Å²) in [6.07, 6.45) is 8.53. The maximum absolute atomic E-state index is 5.72. The summed E-state index contributed by atoms with van der Waals surface area (Å²) in [7, 11) is 0. The molecule has 0 aliphatic carbocycles. The van der Waals surface area contributed by atoms with Gasteiger partial charge < -0.3 is 4.74 Å². The van der Waals surface area contributed by atoms with Gasteiger partial charge in [-0.2, -0.15) is 0 Å². The predicted octanol–water partition coefficient (Wildman–Crippen LogP) is 4.76. The van der Waals surface area contributed by atoms with E-state index in [9.17, 15) is 0 Å². The number of ether oxygens (including phenoxy) is 1. The molecule has 90 valence electrons. The van der Waals surface area contributed by atoms with Gasteiger partial charge in [-0.15, -0.1) is 11.8 Å². The molecule has 0 fully saturated rings. The van der Waals surface area contributed by atoms with Crippen molar-refractivity contribution in [2.24, 2.45) is 0 Å². The molecule has 0 spiro atoms. The van der Waals surface area contributed by atoms with Crippen molar-refractivity contribution in [3.05, 3.63) is 24.3 Å². The van der Waals surface area contributed by atoms with Gasteiger partial charge in [0, 0.05) is 4.90 Å². The first-order valence-electron chi connectivity index (χ1n) is 6.13. The van der Waals surface area contributed by atoms with E-state index in [1.807, 2.05) is 6.07 Å². The molecule has 0 aliphatic heterocycles. The van der Waals surface area contributed by atoms with Crippen molar-refractivity contribution in [3.8, 4) is 5.75 Å². The normalized spacial score (nSPS) is 10.4. The number of benzene rings is 1. The summed E-state index contributed by atoms with van der Waals surface area (Å²) in [6, 6.07) is 8.31. The van der Waals surface area contributed by atoms with Crippen LogP contribution in [0.15, 0.2) is 29.2 Å². The van der Waals surface area contributed by atoms with Crippen LogP contribution in [0.1, 0.15) is 39.0 Å². The summed E-state index contributed by atoms with van der Waals surface area (Å²) in [5.41, 5.74) is 0. The minimum absolute atomic E-state index is 0.849. The fourth-order valence-electron chi connectivity index (χ4n) is 1.59. The number of rotatable bonds is 8. The molecule has 0 aromatic heterocycles. The van der Waals surface area contributed by atoms with Gasteiger partial charge in [-0.3, -0.25) is 0 Å². The molecule has 1 rings (SSSR count). The summed E-state index contributed by atoms with van der Waals surface area (Å²) in [5.74, 6) is 1.00. The van der Waals surface area contributed by atoms with Gasteiger partial charge in [0.15, 0.2) is 0 Å². The first-order chi connectivity index (χ1) is 7.86. The van der Waals surface area contributed by atoms with Gasteiger partial charge in [0.05, 0.1) is 6.61 Å². The molecule has 1 aromatic rings. The minimum Gasteiger partial charge on any atom is -0.494 e. The second kappa shape index (κ2) is 8.51. The molecular formula is C14H22OS. The van der Waals surface area contributed by atoms with E-state index in [1.165, 1.54) is 37.0 Å². The Hall–Kier alpha value is -0.630. The molecule has 1 aromatic carbocycles. The van der Waals surface area contributed by atoms with Crippen LogP contribution in [-0.2, 0) is 0 Å². The Labute approximate surface area is 104 Å². The molecule has 0 saturated carbocycles. The number of hydrogen-bond acceptors (Lipinski definition) is 2. The highest BCUT2D eigenvalue weighted by atomic mass is 32.2. The van der Waals surface area contributed by atoms with E-state index < -0.39 is 0 Å². The van der Waals surface area contributed by atoms with Gasteiger partial charge in [-0.25, -0.2) is 0 Å². The zero-order valence-corrected chi connectivity index (χ0v) is 11.2. The molecule has 2 heteroatoms. The topological polar surface area (TPSA) is 9.23 Å². The fraction of sp³-hybridized carbons (Fsp3) is 0.571. The van der Waals surface area contributed by atoms with Crippen LogP contribution in [0.5, 0.6) is 5.75 Å². The van der Waals surface area contributed by atoms with Crippen molar-refractivity contribution >= 4 is 11.8 Å². The Balaban J connectivity index is 2.16. The van der Waals surface area contributed by atoms with Crippen molar-refractivity contribution in [2.45, 2.75) is 43.9 Å². The van der Waals surface area contributed by atoms with E-state index >= 15 is 0 Å². The molecule has 0 unspecified atom stereocenters. The standard InChI is InChI=1S/C14H22OS/c1-3-4-5-6-7-11-15-13-9-8-10-14(12-13)16-2/h8-10,12H,3-7,11H2,1-2H3. The van der Waals surface area contributed by atoms with Crippen molar-refractivity contribution in [1.82, 2.24) is 0 Å². The first kappa shape index (κ1) is 13.4. The highest BCUT2D eigenvalue weighted by molar-refractivity contribution is 7.98. The highest BCUT2D eigenvalue weighted by Crippen LogP contribution is 2.20. The quantitative estimate of drug-likeness (QED) is 0.477. The van der Waals surface area contributed by atoms with Crippen LogP contribution in [0.4, 0.5) is 0 Å². The monoisotopic (exact) mass is 238 g/mol. The van der Waals surface area contributed by atoms with Gasteiger partial charge in [0.2, 0.25) is 0 Å². The second-order valence-corrected chi connectivity index (χ2v) is 4.82. The Bertz CT molecular complexity index is 286. The smallest absolute Gasteiger partial charge is 0.120 e. The summed E-state index contributed by atoms with van der Waals surface area (Å²) in [4.78, 5) is 1.27. The van der Waals surface area contributed by atoms with Crippen molar-refractivity contribution in [3.63, 3.8) is 0 Å². The lowest BCUT2D eigenvalue weighted by molar-refractivity contribution is 0.304. The van der Waals surface area contributed by atoms with Crippen molar-refractivity contribution in [2.75, 3.05) is 12.9 Å². The van der Waals surface area contributed by atoms with Crippen molar-refractivity contribution < 1.29 is 4.74 Å². The van der Waals surface area contributed by atoms with E-state index in [0.717, 1.165) is 12.4 Å². The summed E-state index contributed by atoms with van der Waals surface area (Å²) in [6.45, 7) is 3.09. The molecular weight excluding hydrogens is 216 g/mol. The highest BCUT2D eigenvalue weighted by Gasteiger charge is 1.95. The van der Waals surface area contributed by atoms with E-state index in [2.05, 4.69) is 31.4 Å². The van der Waals surface area contributed by atoms with Crippen LogP contribution in [-0.4, -0.2) is 12.9 Å². The zero-order valence-electron chi connectivity index (χ0n) is 10.4. The van der Waals surface area contributed by atoms with E-state index in [0.29, 0.717) is 0 Å². The third-order valence-corrected chi connectivity index (χ3v) is 3.28. The molecule has 0 amide bonds. The molecule has 0 saturated heterocycles. The lowest BCUT2D eigenvalue weighted by Gasteiger charge is -2.06. The van der Waals surface area contributed by atoms with E-state index in [4.69, 9.17) is 4.74 Å². The Morgan fingerprint density at radius 1 is 1.12 bits per heavy atom. The van der Waals surface area contributed by atoms with Crippen LogP contribution in [0.3, 0.4) is 0 Å². The SMILES string of the molecule is CCCCCCCOc1cccc(SC)c1. The van der Waals surface area contributed by atoms with Crippen LogP contribution < -0.4 is 4.74 Å². The Morgan fingerprint density at radius 3 is 2.69 bits per heavy atom. The minimum atomic E-state index is 0.849. The van der Waals surface area contributed by atoms with Crippen LogP contribution >= 0.6 is 11.8 Å². The second-order valence-electron chi connectivity index (χ2n) is 3.94. The lowest BCUT2D eigenvalue weighted by atomic mass is 10.2. The zero-order chi connectivity index (χ0) is 11.6. The summed E-state index contributed by atoms with van der Waals surface area (Å²) < 4.78 is 5.72. The van der Waals surface area contributed by atoms with Crippen LogP contribution in [0, 0.1) is 0 Å². The van der Waals surface area contributed by atoms with E-state index in [-0.39, 0.29) is 0 Å². The molecule has 1 nitrogen and oxygen atoms in total. The van der Waals surface area contributed by atoms with Gasteiger partial charge in [-0.05, 0) is 30.9 Å². The maximum Gasteiger partial charge on any atom is 0.120 e. The maximum atomic E-state index is 5.72. The van der Waals surface area contributed by atoms with Crippen molar-refractivity contribution in [1.29, 1.82) is 0 Å². The lowest BCUT2D eigenvalue weighted by Crippen LogP contribution is -1.97. The first-order valence-corrected chi connectivity index (χ1v) is 7.36. The number of hydrogen-bond donors (Lipinski definition) is 0. The van der Waals surface area contributed by atoms with Gasteiger partial charge >= 0.3 is 0 Å². The molecule has 0 aliphatic rings. The predicted molar refractivity (Wildman–Crippen MR) is 72.5 cm³/mol. The summed E-state index contributed by atoms with van der Waals surface area (Å²) >= 11 is 1.75. The number of thioether (sulfide) groups is 1. The van der Waals surface area contributed by atoms with Crippen LogP contribution in [0.25, 0.3) is 0 Å². The third-order valence-electron chi connectivity index (χ3n) is 2.56.